The number of benzene rings is 9. The second kappa shape index (κ2) is 13.0. The maximum absolute atomic E-state index is 6.51. The first kappa shape index (κ1) is 33.2. The lowest BCUT2D eigenvalue weighted by Gasteiger charge is -2.30. The Morgan fingerprint density at radius 3 is 1.56 bits per heavy atom. The molecule has 2 heteroatoms. The minimum Gasteiger partial charge on any atom is -0.455 e. The van der Waals surface area contributed by atoms with Crippen molar-refractivity contribution in [1.29, 1.82) is 0 Å². The Morgan fingerprint density at radius 1 is 0.386 bits per heavy atom. The number of furan rings is 1. The summed E-state index contributed by atoms with van der Waals surface area (Å²) < 4.78 is 6.51. The third-order valence-corrected chi connectivity index (χ3v) is 12.1. The van der Waals surface area contributed by atoms with Crippen LogP contribution in [0.3, 0.4) is 0 Å². The topological polar surface area (TPSA) is 16.4 Å². The number of para-hydroxylation sites is 2. The van der Waals surface area contributed by atoms with Crippen molar-refractivity contribution in [3.63, 3.8) is 0 Å². The summed E-state index contributed by atoms with van der Waals surface area (Å²) >= 11 is 0. The molecule has 0 atom stereocenters. The number of nitrogens with zero attached hydrogens (tertiary/aromatic N) is 1. The third kappa shape index (κ3) is 5.33. The van der Waals surface area contributed by atoms with Crippen LogP contribution in [0.15, 0.2) is 205 Å². The molecule has 270 valence electrons. The van der Waals surface area contributed by atoms with Gasteiger partial charge in [-0.15, -0.1) is 0 Å². The van der Waals surface area contributed by atoms with Gasteiger partial charge in [-0.2, -0.15) is 0 Å². The van der Waals surface area contributed by atoms with Gasteiger partial charge in [-0.05, 0) is 97.9 Å². The summed E-state index contributed by atoms with van der Waals surface area (Å²) in [6.07, 6.45) is 0. The van der Waals surface area contributed by atoms with Gasteiger partial charge in [-0.25, -0.2) is 0 Å². The highest BCUT2D eigenvalue weighted by Crippen LogP contribution is 2.55. The normalized spacial score (nSPS) is 12.9. The van der Waals surface area contributed by atoms with Gasteiger partial charge in [0.05, 0.1) is 5.69 Å². The van der Waals surface area contributed by atoms with E-state index >= 15 is 0 Å². The van der Waals surface area contributed by atoms with E-state index in [1.54, 1.807) is 0 Å². The van der Waals surface area contributed by atoms with E-state index in [2.05, 4.69) is 213 Å². The van der Waals surface area contributed by atoms with Crippen molar-refractivity contribution in [2.75, 3.05) is 4.90 Å². The average molecular weight is 730 g/mol. The molecule has 0 saturated carbocycles. The smallest absolute Gasteiger partial charge is 0.143 e. The van der Waals surface area contributed by atoms with Crippen LogP contribution in [-0.2, 0) is 5.41 Å². The van der Waals surface area contributed by atoms with Gasteiger partial charge in [-0.3, -0.25) is 0 Å². The Bertz CT molecular complexity index is 3040. The first-order valence-corrected chi connectivity index (χ1v) is 19.8. The van der Waals surface area contributed by atoms with Crippen molar-refractivity contribution in [2.24, 2.45) is 0 Å². The number of hydrogen-bond acceptors (Lipinski definition) is 2. The molecule has 11 rings (SSSR count). The lowest BCUT2D eigenvalue weighted by atomic mass is 9.79. The van der Waals surface area contributed by atoms with E-state index in [0.717, 1.165) is 44.6 Å². The zero-order valence-electron chi connectivity index (χ0n) is 31.9. The van der Waals surface area contributed by atoms with Crippen molar-refractivity contribution in [3.05, 3.63) is 211 Å². The van der Waals surface area contributed by atoms with Gasteiger partial charge in [0.15, 0.2) is 0 Å². The standard InChI is InChI=1S/C55H39NO/c1-55(2)50-34-40(43-21-13-22-48-46-19-11-12-23-52(46)57-54(43)48)28-33-44(50)49-35-51(45-18-9-10-20-47(45)53(49)55)56(41-29-24-38(25-30-41)36-14-5-3-6-15-36)42-31-26-39(27-32-42)37-16-7-4-8-17-37/h3-35H,1-2H3. The second-order valence-electron chi connectivity index (χ2n) is 15.7. The molecule has 0 unspecified atom stereocenters. The summed E-state index contributed by atoms with van der Waals surface area (Å²) in [7, 11) is 0. The average Bonchev–Trinajstić information content (AvgIpc) is 3.76. The van der Waals surface area contributed by atoms with Crippen molar-refractivity contribution in [1.82, 2.24) is 0 Å². The van der Waals surface area contributed by atoms with Crippen molar-refractivity contribution < 1.29 is 4.42 Å². The Hall–Kier alpha value is -7.16. The molecule has 1 aromatic heterocycles. The Balaban J connectivity index is 1.10. The molecule has 0 amide bonds. The zero-order chi connectivity index (χ0) is 38.1. The molecule has 0 bridgehead atoms. The van der Waals surface area contributed by atoms with Crippen molar-refractivity contribution in [3.8, 4) is 44.5 Å². The van der Waals surface area contributed by atoms with Gasteiger partial charge < -0.3 is 9.32 Å². The fraction of sp³-hybridized carbons (Fsp3) is 0.0545. The monoisotopic (exact) mass is 729 g/mol. The molecule has 0 spiro atoms. The van der Waals surface area contributed by atoms with Crippen LogP contribution in [0.2, 0.25) is 0 Å². The SMILES string of the molecule is CC1(C)c2cc(-c3cccc4c3oc3ccccc34)ccc2-c2cc(N(c3ccc(-c4ccccc4)cc3)c3ccc(-c4ccccc4)cc3)c3ccccc3c21. The molecular weight excluding hydrogens is 691 g/mol. The van der Waals surface area contributed by atoms with Gasteiger partial charge in [0.25, 0.3) is 0 Å². The number of rotatable bonds is 6. The predicted molar refractivity (Wildman–Crippen MR) is 240 cm³/mol. The van der Waals surface area contributed by atoms with Crippen molar-refractivity contribution >= 4 is 49.8 Å². The summed E-state index contributed by atoms with van der Waals surface area (Å²) in [5, 5.41) is 4.80. The first-order valence-electron chi connectivity index (χ1n) is 19.8. The van der Waals surface area contributed by atoms with E-state index in [1.807, 2.05) is 6.07 Å². The maximum atomic E-state index is 6.51. The Labute approximate surface area is 332 Å². The fourth-order valence-electron chi connectivity index (χ4n) is 9.29. The van der Waals surface area contributed by atoms with Gasteiger partial charge in [0.2, 0.25) is 0 Å². The van der Waals surface area contributed by atoms with Crippen LogP contribution >= 0.6 is 0 Å². The van der Waals surface area contributed by atoms with E-state index < -0.39 is 0 Å². The predicted octanol–water partition coefficient (Wildman–Crippen LogP) is 15.5. The second-order valence-corrected chi connectivity index (χ2v) is 15.7. The summed E-state index contributed by atoms with van der Waals surface area (Å²) in [6, 6.07) is 72.5. The molecule has 2 nitrogen and oxygen atoms in total. The molecule has 0 radical (unpaired) electrons. The molecule has 0 saturated heterocycles. The van der Waals surface area contributed by atoms with Crippen LogP contribution in [0.5, 0.6) is 0 Å². The van der Waals surface area contributed by atoms with E-state index in [1.165, 1.54) is 60.8 Å². The summed E-state index contributed by atoms with van der Waals surface area (Å²) in [5.41, 5.74) is 17.4. The largest absolute Gasteiger partial charge is 0.455 e. The van der Waals surface area contributed by atoms with E-state index in [-0.39, 0.29) is 5.41 Å². The minimum absolute atomic E-state index is 0.236. The first-order chi connectivity index (χ1) is 28.0. The lowest BCUT2D eigenvalue weighted by molar-refractivity contribution is 0.665. The molecule has 57 heavy (non-hydrogen) atoms. The summed E-state index contributed by atoms with van der Waals surface area (Å²) in [5.74, 6) is 0. The number of hydrogen-bond donors (Lipinski definition) is 0. The van der Waals surface area contributed by atoms with E-state index in [9.17, 15) is 0 Å². The van der Waals surface area contributed by atoms with E-state index in [0.29, 0.717) is 0 Å². The van der Waals surface area contributed by atoms with Crippen LogP contribution in [0.25, 0.3) is 77.2 Å². The van der Waals surface area contributed by atoms with E-state index in [4.69, 9.17) is 4.42 Å². The molecule has 0 aliphatic heterocycles. The highest BCUT2D eigenvalue weighted by molar-refractivity contribution is 6.10. The van der Waals surface area contributed by atoms with Gasteiger partial charge in [-0.1, -0.05) is 172 Å². The zero-order valence-corrected chi connectivity index (χ0v) is 31.9. The quantitative estimate of drug-likeness (QED) is 0.169. The molecule has 0 N–H and O–H groups in total. The summed E-state index contributed by atoms with van der Waals surface area (Å²) in [4.78, 5) is 2.44. The van der Waals surface area contributed by atoms with Gasteiger partial charge in [0.1, 0.15) is 11.2 Å². The molecule has 1 aliphatic carbocycles. The highest BCUT2D eigenvalue weighted by atomic mass is 16.3. The van der Waals surface area contributed by atoms with Crippen LogP contribution in [-0.4, -0.2) is 0 Å². The summed E-state index contributed by atoms with van der Waals surface area (Å²) in [6.45, 7) is 4.77. The van der Waals surface area contributed by atoms with Crippen LogP contribution in [0, 0.1) is 0 Å². The highest BCUT2D eigenvalue weighted by Gasteiger charge is 2.38. The maximum Gasteiger partial charge on any atom is 0.143 e. The van der Waals surface area contributed by atoms with Crippen LogP contribution in [0.1, 0.15) is 25.0 Å². The molecular formula is C55H39NO. The molecule has 1 aliphatic rings. The van der Waals surface area contributed by atoms with Crippen LogP contribution in [0.4, 0.5) is 17.1 Å². The van der Waals surface area contributed by atoms with Gasteiger partial charge in [0, 0.05) is 38.5 Å². The molecule has 10 aromatic rings. The molecule has 0 fully saturated rings. The number of fused-ring (bicyclic) bond motifs is 8. The Morgan fingerprint density at radius 2 is 0.912 bits per heavy atom. The molecule has 1 heterocycles. The molecule has 9 aromatic carbocycles. The van der Waals surface area contributed by atoms with Gasteiger partial charge >= 0.3 is 0 Å². The lowest BCUT2D eigenvalue weighted by Crippen LogP contribution is -2.16. The fourth-order valence-corrected chi connectivity index (χ4v) is 9.29. The van der Waals surface area contributed by atoms with Crippen molar-refractivity contribution in [2.45, 2.75) is 19.3 Å². The third-order valence-electron chi connectivity index (χ3n) is 12.1. The minimum atomic E-state index is -0.236. The Kier molecular flexibility index (Phi) is 7.55. The van der Waals surface area contributed by atoms with Crippen LogP contribution < -0.4 is 4.90 Å². The number of anilines is 3.